The van der Waals surface area contributed by atoms with E-state index in [-0.39, 0.29) is 0 Å². The van der Waals surface area contributed by atoms with Gasteiger partial charge in [-0.05, 0) is 44.5 Å². The van der Waals surface area contributed by atoms with Crippen molar-refractivity contribution >= 4 is 11.5 Å². The molecule has 1 fully saturated rings. The number of piperidine rings is 1. The number of anilines is 2. The van der Waals surface area contributed by atoms with E-state index in [1.165, 1.54) is 0 Å². The average Bonchev–Trinajstić information content (AvgIpc) is 2.26. The topological polar surface area (TPSA) is 63.0 Å². The molecule has 0 aromatic carbocycles. The predicted molar refractivity (Wildman–Crippen MR) is 62.9 cm³/mol. The lowest BCUT2D eigenvalue weighted by molar-refractivity contribution is 0.478. The van der Waals surface area contributed by atoms with E-state index < -0.39 is 0 Å². The molecule has 15 heavy (non-hydrogen) atoms. The van der Waals surface area contributed by atoms with Gasteiger partial charge in [0.05, 0.1) is 5.69 Å². The van der Waals surface area contributed by atoms with Crippen LogP contribution in [0.25, 0.3) is 0 Å². The molecular formula is C11H18N4. The highest BCUT2D eigenvalue weighted by atomic mass is 15.0. The van der Waals surface area contributed by atoms with Gasteiger partial charge in [-0.15, -0.1) is 0 Å². The highest BCUT2D eigenvalue weighted by Crippen LogP contribution is 2.21. The molecule has 1 aliphatic heterocycles. The molecule has 0 atom stereocenters. The largest absolute Gasteiger partial charge is 0.396 e. The van der Waals surface area contributed by atoms with E-state index in [1.54, 1.807) is 6.20 Å². The summed E-state index contributed by atoms with van der Waals surface area (Å²) >= 11 is 0. The maximum absolute atomic E-state index is 5.96. The molecule has 4 nitrogen and oxygen atoms in total. The Labute approximate surface area is 90.3 Å². The van der Waals surface area contributed by atoms with Crippen molar-refractivity contribution in [2.24, 2.45) is 0 Å². The van der Waals surface area contributed by atoms with Crippen LogP contribution in [0.2, 0.25) is 0 Å². The highest BCUT2D eigenvalue weighted by molar-refractivity contribution is 5.65. The number of hydrogen-bond acceptors (Lipinski definition) is 4. The van der Waals surface area contributed by atoms with Gasteiger partial charge in [0.25, 0.3) is 0 Å². The van der Waals surface area contributed by atoms with Crippen molar-refractivity contribution in [1.29, 1.82) is 0 Å². The van der Waals surface area contributed by atoms with Crippen LogP contribution in [0, 0.1) is 6.92 Å². The molecule has 4 N–H and O–H groups in total. The molecule has 0 bridgehead atoms. The van der Waals surface area contributed by atoms with E-state index in [0.717, 1.165) is 43.0 Å². The lowest BCUT2D eigenvalue weighted by Crippen LogP contribution is -2.35. The van der Waals surface area contributed by atoms with E-state index >= 15 is 0 Å². The molecule has 1 aromatic heterocycles. The molecule has 0 unspecified atom stereocenters. The molecular weight excluding hydrogens is 188 g/mol. The number of rotatable bonds is 2. The highest BCUT2D eigenvalue weighted by Gasteiger charge is 2.14. The third-order valence-corrected chi connectivity index (χ3v) is 2.89. The van der Waals surface area contributed by atoms with Gasteiger partial charge in [0, 0.05) is 12.2 Å². The number of hydrogen-bond donors (Lipinski definition) is 3. The maximum atomic E-state index is 5.96. The van der Waals surface area contributed by atoms with E-state index in [4.69, 9.17) is 5.73 Å². The third-order valence-electron chi connectivity index (χ3n) is 2.89. The fourth-order valence-electron chi connectivity index (χ4n) is 1.84. The fraction of sp³-hybridized carbons (Fsp3) is 0.545. The van der Waals surface area contributed by atoms with Crippen LogP contribution < -0.4 is 16.4 Å². The van der Waals surface area contributed by atoms with Gasteiger partial charge in [-0.25, -0.2) is 4.98 Å². The van der Waals surface area contributed by atoms with Crippen molar-refractivity contribution in [2.75, 3.05) is 24.1 Å². The Bertz CT molecular complexity index is 331. The minimum Gasteiger partial charge on any atom is -0.396 e. The second-order valence-electron chi connectivity index (χ2n) is 4.06. The summed E-state index contributed by atoms with van der Waals surface area (Å²) in [6, 6.07) is 2.44. The van der Waals surface area contributed by atoms with Crippen LogP contribution in [-0.2, 0) is 0 Å². The lowest BCUT2D eigenvalue weighted by atomic mass is 10.1. The number of aromatic nitrogens is 1. The molecule has 0 aliphatic carbocycles. The Morgan fingerprint density at radius 1 is 1.47 bits per heavy atom. The molecule has 2 rings (SSSR count). The number of nitrogen functional groups attached to an aromatic ring is 1. The summed E-state index contributed by atoms with van der Waals surface area (Å²) in [7, 11) is 0. The normalized spacial score (nSPS) is 17.7. The van der Waals surface area contributed by atoms with Gasteiger partial charge in [-0.2, -0.15) is 0 Å². The van der Waals surface area contributed by atoms with Crippen LogP contribution in [0.5, 0.6) is 0 Å². The Hall–Kier alpha value is -1.29. The molecule has 0 amide bonds. The first-order chi connectivity index (χ1) is 7.27. The van der Waals surface area contributed by atoms with E-state index in [0.29, 0.717) is 6.04 Å². The smallest absolute Gasteiger partial charge is 0.149 e. The van der Waals surface area contributed by atoms with Crippen molar-refractivity contribution in [3.05, 3.63) is 17.8 Å². The number of nitrogens with one attached hydrogen (secondary N) is 2. The predicted octanol–water partition coefficient (Wildman–Crippen LogP) is 1.14. The van der Waals surface area contributed by atoms with E-state index in [9.17, 15) is 0 Å². The minimum absolute atomic E-state index is 0.503. The summed E-state index contributed by atoms with van der Waals surface area (Å²) < 4.78 is 0. The number of nitrogens with zero attached hydrogens (tertiary/aromatic N) is 1. The summed E-state index contributed by atoms with van der Waals surface area (Å²) in [5.41, 5.74) is 7.82. The van der Waals surface area contributed by atoms with Crippen LogP contribution in [0.15, 0.2) is 12.3 Å². The average molecular weight is 206 g/mol. The zero-order chi connectivity index (χ0) is 10.7. The van der Waals surface area contributed by atoms with Crippen molar-refractivity contribution in [2.45, 2.75) is 25.8 Å². The van der Waals surface area contributed by atoms with Gasteiger partial charge >= 0.3 is 0 Å². The molecule has 1 saturated heterocycles. The first-order valence-electron chi connectivity index (χ1n) is 5.45. The maximum Gasteiger partial charge on any atom is 0.149 e. The molecule has 4 heteroatoms. The molecule has 0 saturated carbocycles. The van der Waals surface area contributed by atoms with Crippen molar-refractivity contribution in [1.82, 2.24) is 10.3 Å². The second kappa shape index (κ2) is 4.49. The molecule has 1 aliphatic rings. The van der Waals surface area contributed by atoms with E-state index in [1.807, 2.05) is 13.0 Å². The first-order valence-corrected chi connectivity index (χ1v) is 5.45. The van der Waals surface area contributed by atoms with Crippen LogP contribution in [0.1, 0.15) is 18.4 Å². The monoisotopic (exact) mass is 206 g/mol. The summed E-state index contributed by atoms with van der Waals surface area (Å²) in [5.74, 6) is 0.835. The Kier molecular flexibility index (Phi) is 3.06. The first kappa shape index (κ1) is 10.2. The molecule has 82 valence electrons. The van der Waals surface area contributed by atoms with Gasteiger partial charge in [-0.3, -0.25) is 0 Å². The number of pyridine rings is 1. The van der Waals surface area contributed by atoms with Gasteiger partial charge in [0.1, 0.15) is 5.82 Å². The Morgan fingerprint density at radius 2 is 2.20 bits per heavy atom. The number of nitrogens with two attached hydrogens (primary N) is 1. The van der Waals surface area contributed by atoms with Crippen molar-refractivity contribution < 1.29 is 0 Å². The van der Waals surface area contributed by atoms with Gasteiger partial charge in [0.15, 0.2) is 0 Å². The standard InChI is InChI=1S/C11H18N4/c1-8-2-7-14-11(10(8)12)15-9-3-5-13-6-4-9/h2,7,9,13H,3-6,12H2,1H3,(H,14,15). The van der Waals surface area contributed by atoms with Crippen molar-refractivity contribution in [3.63, 3.8) is 0 Å². The van der Waals surface area contributed by atoms with Gasteiger partial charge in [0.2, 0.25) is 0 Å². The number of aryl methyl sites for hydroxylation is 1. The van der Waals surface area contributed by atoms with Gasteiger partial charge < -0.3 is 16.4 Å². The zero-order valence-corrected chi connectivity index (χ0v) is 9.09. The summed E-state index contributed by atoms with van der Waals surface area (Å²) in [6.07, 6.45) is 4.07. The molecule has 2 heterocycles. The summed E-state index contributed by atoms with van der Waals surface area (Å²) in [5, 5.41) is 6.75. The lowest BCUT2D eigenvalue weighted by Gasteiger charge is -2.24. The summed E-state index contributed by atoms with van der Waals surface area (Å²) in [6.45, 7) is 4.15. The molecule has 1 aromatic rings. The SMILES string of the molecule is Cc1ccnc(NC2CCNCC2)c1N. The fourth-order valence-corrected chi connectivity index (χ4v) is 1.84. The van der Waals surface area contributed by atoms with Crippen molar-refractivity contribution in [3.8, 4) is 0 Å². The van der Waals surface area contributed by atoms with Crippen LogP contribution >= 0.6 is 0 Å². The second-order valence-corrected chi connectivity index (χ2v) is 4.06. The third kappa shape index (κ3) is 2.39. The van der Waals surface area contributed by atoms with E-state index in [2.05, 4.69) is 15.6 Å². The Balaban J connectivity index is 2.06. The minimum atomic E-state index is 0.503. The van der Waals surface area contributed by atoms with Crippen LogP contribution in [0.3, 0.4) is 0 Å². The van der Waals surface area contributed by atoms with Gasteiger partial charge in [-0.1, -0.05) is 0 Å². The quantitative estimate of drug-likeness (QED) is 0.679. The van der Waals surface area contributed by atoms with Crippen LogP contribution in [0.4, 0.5) is 11.5 Å². The Morgan fingerprint density at radius 3 is 2.93 bits per heavy atom. The van der Waals surface area contributed by atoms with Crippen LogP contribution in [-0.4, -0.2) is 24.1 Å². The zero-order valence-electron chi connectivity index (χ0n) is 9.09. The molecule has 0 radical (unpaired) electrons. The summed E-state index contributed by atoms with van der Waals surface area (Å²) in [4.78, 5) is 4.28. The molecule has 0 spiro atoms.